The highest BCUT2D eigenvalue weighted by Crippen LogP contribution is 1.99. The van der Waals surface area contributed by atoms with Crippen LogP contribution < -0.4 is 5.32 Å². The monoisotopic (exact) mass is 201 g/mol. The van der Waals surface area contributed by atoms with E-state index in [1.54, 1.807) is 0 Å². The van der Waals surface area contributed by atoms with Gasteiger partial charge in [0.25, 0.3) is 0 Å². The lowest BCUT2D eigenvalue weighted by Gasteiger charge is -2.03. The van der Waals surface area contributed by atoms with Crippen molar-refractivity contribution in [3.8, 4) is 0 Å². The van der Waals surface area contributed by atoms with Gasteiger partial charge in [0, 0.05) is 19.6 Å². The van der Waals surface area contributed by atoms with Crippen LogP contribution in [0.15, 0.2) is 0 Å². The second kappa shape index (κ2) is 10.5. The third-order valence-corrected chi connectivity index (χ3v) is 2.16. The number of hydrogen-bond acceptors (Lipinski definition) is 2. The second-order valence-corrected chi connectivity index (χ2v) is 3.59. The summed E-state index contributed by atoms with van der Waals surface area (Å²) in [6.45, 7) is 3.20. The number of rotatable bonds is 9. The van der Waals surface area contributed by atoms with E-state index in [9.17, 15) is 4.79 Å². The first kappa shape index (κ1) is 13.4. The van der Waals surface area contributed by atoms with Gasteiger partial charge in [0.1, 0.15) is 0 Å². The Labute approximate surface area is 86.9 Å². The molecule has 0 saturated heterocycles. The topological polar surface area (TPSA) is 49.3 Å². The van der Waals surface area contributed by atoms with Crippen molar-refractivity contribution in [1.82, 2.24) is 5.32 Å². The van der Waals surface area contributed by atoms with Gasteiger partial charge in [-0.15, -0.1) is 0 Å². The zero-order valence-corrected chi connectivity index (χ0v) is 9.22. The number of nitrogens with one attached hydrogen (secondary N) is 1. The van der Waals surface area contributed by atoms with Crippen molar-refractivity contribution in [2.45, 2.75) is 51.9 Å². The normalized spacial score (nSPS) is 10.1. The third-order valence-electron chi connectivity index (χ3n) is 2.16. The summed E-state index contributed by atoms with van der Waals surface area (Å²) in [6.07, 6.45) is 6.70. The van der Waals surface area contributed by atoms with Crippen LogP contribution in [0.2, 0.25) is 0 Å². The maximum Gasteiger partial charge on any atom is 0.219 e. The molecule has 0 rings (SSSR count). The van der Waals surface area contributed by atoms with Gasteiger partial charge in [-0.3, -0.25) is 4.79 Å². The Bertz CT molecular complexity index is 123. The molecule has 0 aliphatic heterocycles. The van der Waals surface area contributed by atoms with Crippen molar-refractivity contribution in [2.24, 2.45) is 0 Å². The lowest BCUT2D eigenvalue weighted by atomic mass is 10.2. The van der Waals surface area contributed by atoms with Gasteiger partial charge in [0.2, 0.25) is 5.91 Å². The molecule has 0 aromatic carbocycles. The Morgan fingerprint density at radius 3 is 2.57 bits per heavy atom. The Hall–Kier alpha value is -0.570. The summed E-state index contributed by atoms with van der Waals surface area (Å²) in [7, 11) is 0. The molecule has 0 aliphatic rings. The van der Waals surface area contributed by atoms with Crippen molar-refractivity contribution in [1.29, 1.82) is 0 Å². The van der Waals surface area contributed by atoms with Gasteiger partial charge in [-0.1, -0.05) is 26.2 Å². The fourth-order valence-corrected chi connectivity index (χ4v) is 1.27. The number of amides is 1. The third kappa shape index (κ3) is 9.52. The number of aliphatic hydroxyl groups is 1. The predicted molar refractivity (Wildman–Crippen MR) is 58.1 cm³/mol. The molecule has 3 heteroatoms. The van der Waals surface area contributed by atoms with Crippen molar-refractivity contribution in [3.05, 3.63) is 0 Å². The van der Waals surface area contributed by atoms with Crippen molar-refractivity contribution in [2.75, 3.05) is 13.2 Å². The molecule has 0 saturated carbocycles. The highest BCUT2D eigenvalue weighted by Gasteiger charge is 1.99. The second-order valence-electron chi connectivity index (χ2n) is 3.59. The molecule has 0 spiro atoms. The molecule has 0 fully saturated rings. The summed E-state index contributed by atoms with van der Waals surface area (Å²) in [5.41, 5.74) is 0. The van der Waals surface area contributed by atoms with E-state index >= 15 is 0 Å². The molecule has 0 aromatic heterocycles. The van der Waals surface area contributed by atoms with Gasteiger partial charge in [-0.2, -0.15) is 0 Å². The summed E-state index contributed by atoms with van der Waals surface area (Å²) in [6, 6.07) is 0. The van der Waals surface area contributed by atoms with E-state index in [0.29, 0.717) is 6.42 Å². The first-order valence-electron chi connectivity index (χ1n) is 5.68. The molecule has 0 bridgehead atoms. The number of aliphatic hydroxyl groups excluding tert-OH is 1. The molecule has 0 radical (unpaired) electrons. The fourth-order valence-electron chi connectivity index (χ4n) is 1.27. The van der Waals surface area contributed by atoms with Crippen LogP contribution in [0.4, 0.5) is 0 Å². The maximum absolute atomic E-state index is 11.2. The number of unbranched alkanes of at least 4 members (excludes halogenated alkanes) is 4. The molecule has 0 heterocycles. The Balaban J connectivity index is 3.11. The zero-order valence-electron chi connectivity index (χ0n) is 9.22. The number of carbonyl (C=O) groups excluding carboxylic acids is 1. The molecular formula is C11H23NO2. The summed E-state index contributed by atoms with van der Waals surface area (Å²) in [5, 5.41) is 11.4. The van der Waals surface area contributed by atoms with Crippen LogP contribution in [0.1, 0.15) is 51.9 Å². The Kier molecular flexibility index (Phi) is 10.1. The minimum absolute atomic E-state index is 0.152. The Morgan fingerprint density at radius 1 is 1.14 bits per heavy atom. The van der Waals surface area contributed by atoms with Gasteiger partial charge < -0.3 is 10.4 Å². The Morgan fingerprint density at radius 2 is 1.93 bits per heavy atom. The van der Waals surface area contributed by atoms with Gasteiger partial charge in [-0.05, 0) is 19.3 Å². The average molecular weight is 201 g/mol. The van der Waals surface area contributed by atoms with Crippen LogP contribution in [0.3, 0.4) is 0 Å². The quantitative estimate of drug-likeness (QED) is 0.559. The van der Waals surface area contributed by atoms with E-state index in [1.807, 2.05) is 0 Å². The van der Waals surface area contributed by atoms with E-state index in [2.05, 4.69) is 12.2 Å². The van der Waals surface area contributed by atoms with E-state index in [0.717, 1.165) is 32.2 Å². The molecule has 0 aromatic rings. The summed E-state index contributed by atoms with van der Waals surface area (Å²) in [4.78, 5) is 11.2. The SMILES string of the molecule is CCCCCNC(=O)CCCCCO. The summed E-state index contributed by atoms with van der Waals surface area (Å²) in [5.74, 6) is 0.152. The van der Waals surface area contributed by atoms with E-state index in [-0.39, 0.29) is 12.5 Å². The van der Waals surface area contributed by atoms with Crippen LogP contribution in [0.5, 0.6) is 0 Å². The molecule has 0 aliphatic carbocycles. The number of hydrogen-bond donors (Lipinski definition) is 2. The lowest BCUT2D eigenvalue weighted by Crippen LogP contribution is -2.23. The molecule has 14 heavy (non-hydrogen) atoms. The summed E-state index contributed by atoms with van der Waals surface area (Å²) < 4.78 is 0. The number of carbonyl (C=O) groups is 1. The highest BCUT2D eigenvalue weighted by molar-refractivity contribution is 5.75. The molecule has 0 atom stereocenters. The molecule has 1 amide bonds. The van der Waals surface area contributed by atoms with Crippen molar-refractivity contribution in [3.63, 3.8) is 0 Å². The molecule has 2 N–H and O–H groups in total. The fraction of sp³-hybridized carbons (Fsp3) is 0.909. The molecule has 3 nitrogen and oxygen atoms in total. The van der Waals surface area contributed by atoms with Crippen LogP contribution in [0, 0.1) is 0 Å². The smallest absolute Gasteiger partial charge is 0.219 e. The van der Waals surface area contributed by atoms with Crippen LogP contribution in [-0.2, 0) is 4.79 Å². The van der Waals surface area contributed by atoms with Crippen molar-refractivity contribution >= 4 is 5.91 Å². The first-order chi connectivity index (χ1) is 6.81. The lowest BCUT2D eigenvalue weighted by molar-refractivity contribution is -0.121. The average Bonchev–Trinajstić information content (AvgIpc) is 2.19. The largest absolute Gasteiger partial charge is 0.396 e. The highest BCUT2D eigenvalue weighted by atomic mass is 16.2. The molecule has 84 valence electrons. The predicted octanol–water partition coefficient (Wildman–Crippen LogP) is 1.85. The molecular weight excluding hydrogens is 178 g/mol. The van der Waals surface area contributed by atoms with Gasteiger partial charge >= 0.3 is 0 Å². The van der Waals surface area contributed by atoms with Crippen LogP contribution in [-0.4, -0.2) is 24.2 Å². The van der Waals surface area contributed by atoms with Crippen molar-refractivity contribution < 1.29 is 9.90 Å². The van der Waals surface area contributed by atoms with E-state index in [4.69, 9.17) is 5.11 Å². The van der Waals surface area contributed by atoms with E-state index < -0.39 is 0 Å². The summed E-state index contributed by atoms with van der Waals surface area (Å²) >= 11 is 0. The van der Waals surface area contributed by atoms with Crippen LogP contribution >= 0.6 is 0 Å². The minimum Gasteiger partial charge on any atom is -0.396 e. The van der Waals surface area contributed by atoms with Gasteiger partial charge in [0.15, 0.2) is 0 Å². The first-order valence-corrected chi connectivity index (χ1v) is 5.68. The molecule has 0 unspecified atom stereocenters. The zero-order chi connectivity index (χ0) is 10.6. The standard InChI is InChI=1S/C11H23NO2/c1-2-3-6-9-12-11(14)8-5-4-7-10-13/h13H,2-10H2,1H3,(H,12,14). The van der Waals surface area contributed by atoms with Gasteiger partial charge in [-0.25, -0.2) is 0 Å². The minimum atomic E-state index is 0.152. The maximum atomic E-state index is 11.2. The van der Waals surface area contributed by atoms with Crippen LogP contribution in [0.25, 0.3) is 0 Å². The van der Waals surface area contributed by atoms with E-state index in [1.165, 1.54) is 12.8 Å². The van der Waals surface area contributed by atoms with Gasteiger partial charge in [0.05, 0.1) is 0 Å².